The van der Waals surface area contributed by atoms with E-state index in [0.717, 1.165) is 41.5 Å². The summed E-state index contributed by atoms with van der Waals surface area (Å²) >= 11 is 8.73. The first kappa shape index (κ1) is 16.8. The number of esters is 1. The van der Waals surface area contributed by atoms with Crippen molar-refractivity contribution >= 4 is 55.6 Å². The molecule has 3 heterocycles. The Morgan fingerprint density at radius 1 is 1.24 bits per heavy atom. The van der Waals surface area contributed by atoms with Crippen molar-refractivity contribution in [3.8, 4) is 5.75 Å². The van der Waals surface area contributed by atoms with Gasteiger partial charge in [-0.1, -0.05) is 22.9 Å². The molecule has 25 heavy (non-hydrogen) atoms. The summed E-state index contributed by atoms with van der Waals surface area (Å²) in [5.74, 6) is 0.142. The van der Waals surface area contributed by atoms with Gasteiger partial charge in [-0.05, 0) is 24.3 Å². The van der Waals surface area contributed by atoms with Gasteiger partial charge < -0.3 is 14.5 Å². The van der Waals surface area contributed by atoms with E-state index in [1.807, 2.05) is 12.1 Å². The number of ether oxygens (including phenoxy) is 1. The molecule has 130 valence electrons. The molecule has 4 rings (SSSR count). The second kappa shape index (κ2) is 6.92. The normalized spacial score (nSPS) is 15.7. The number of nitrogens with one attached hydrogen (secondary N) is 1. The first-order valence-corrected chi connectivity index (χ1v) is 10.0. The summed E-state index contributed by atoms with van der Waals surface area (Å²) in [7, 11) is 2.22. The predicted molar refractivity (Wildman–Crippen MR) is 103 cm³/mol. The van der Waals surface area contributed by atoms with Crippen molar-refractivity contribution in [1.82, 2.24) is 4.98 Å². The van der Waals surface area contributed by atoms with Crippen molar-refractivity contribution in [2.24, 2.45) is 0 Å². The van der Waals surface area contributed by atoms with Crippen LogP contribution in [-0.4, -0.2) is 44.2 Å². The largest absolute Gasteiger partial charge is 0.422 e. The van der Waals surface area contributed by atoms with Gasteiger partial charge in [-0.3, -0.25) is 0 Å². The number of anilines is 1. The molecular weight excluding hydrogens is 378 g/mol. The van der Waals surface area contributed by atoms with Gasteiger partial charge >= 0.3 is 5.97 Å². The molecule has 1 N–H and O–H groups in total. The van der Waals surface area contributed by atoms with Gasteiger partial charge in [-0.15, -0.1) is 11.3 Å². The number of carbonyl (C=O) groups excluding carboxylic acids is 1. The van der Waals surface area contributed by atoms with Crippen molar-refractivity contribution in [3.63, 3.8) is 0 Å². The summed E-state index contributed by atoms with van der Waals surface area (Å²) in [5, 5.41) is 1.04. The summed E-state index contributed by atoms with van der Waals surface area (Å²) in [5.41, 5.74) is 0.935. The SMILES string of the molecule is C[NH+]1CCN(c2nc3ccc(OC(=O)c4ccc(Cl)s4)cc3s2)CC1. The zero-order chi connectivity index (χ0) is 17.4. The Bertz CT molecular complexity index is 916. The standard InChI is InChI=1S/C17H16ClN3O2S2/c1-20-6-8-21(9-7-20)17-19-12-3-2-11(10-14(12)25-17)23-16(22)13-4-5-15(18)24-13/h2-5,10H,6-9H2,1H3/p+1. The Morgan fingerprint density at radius 3 is 2.76 bits per heavy atom. The Kier molecular flexibility index (Phi) is 4.64. The van der Waals surface area contributed by atoms with Crippen LogP contribution in [0.15, 0.2) is 30.3 Å². The van der Waals surface area contributed by atoms with Crippen molar-refractivity contribution in [3.05, 3.63) is 39.5 Å². The third-order valence-corrected chi connectivity index (χ3v) is 6.51. The molecule has 0 atom stereocenters. The number of piperazine rings is 1. The van der Waals surface area contributed by atoms with E-state index < -0.39 is 0 Å². The van der Waals surface area contributed by atoms with E-state index in [4.69, 9.17) is 21.3 Å². The van der Waals surface area contributed by atoms with Crippen molar-refractivity contribution in [2.75, 3.05) is 38.1 Å². The number of halogens is 1. The van der Waals surface area contributed by atoms with Crippen LogP contribution in [0.1, 0.15) is 9.67 Å². The zero-order valence-corrected chi connectivity index (χ0v) is 16.0. The minimum absolute atomic E-state index is 0.386. The maximum Gasteiger partial charge on any atom is 0.353 e. The number of nitrogens with zero attached hydrogens (tertiary/aromatic N) is 2. The number of carbonyl (C=O) groups is 1. The lowest BCUT2D eigenvalue weighted by Crippen LogP contribution is -3.12. The summed E-state index contributed by atoms with van der Waals surface area (Å²) in [4.78, 5) is 21.3. The molecule has 3 aromatic rings. The number of likely N-dealkylation sites (N-methyl/N-ethyl adjacent to an activating group) is 1. The average molecular weight is 395 g/mol. The maximum absolute atomic E-state index is 12.2. The fourth-order valence-corrected chi connectivity index (χ4v) is 4.72. The highest BCUT2D eigenvalue weighted by Crippen LogP contribution is 2.32. The van der Waals surface area contributed by atoms with Gasteiger partial charge in [0.05, 0.1) is 47.8 Å². The molecule has 1 aliphatic rings. The van der Waals surface area contributed by atoms with E-state index in [0.29, 0.717) is 15.0 Å². The zero-order valence-electron chi connectivity index (χ0n) is 13.6. The van der Waals surface area contributed by atoms with E-state index in [1.165, 1.54) is 11.3 Å². The topological polar surface area (TPSA) is 46.9 Å². The van der Waals surface area contributed by atoms with Gasteiger partial charge in [-0.2, -0.15) is 0 Å². The average Bonchev–Trinajstić information content (AvgIpc) is 3.21. The van der Waals surface area contributed by atoms with Gasteiger partial charge in [-0.25, -0.2) is 9.78 Å². The maximum atomic E-state index is 12.2. The summed E-state index contributed by atoms with van der Waals surface area (Å²) < 4.78 is 7.06. The summed E-state index contributed by atoms with van der Waals surface area (Å²) in [6.45, 7) is 4.30. The highest BCUT2D eigenvalue weighted by atomic mass is 35.5. The monoisotopic (exact) mass is 394 g/mol. The summed E-state index contributed by atoms with van der Waals surface area (Å²) in [6, 6.07) is 8.94. The fraction of sp³-hybridized carbons (Fsp3) is 0.294. The van der Waals surface area contributed by atoms with Crippen LogP contribution in [0, 0.1) is 0 Å². The van der Waals surface area contributed by atoms with Crippen molar-refractivity contribution < 1.29 is 14.4 Å². The number of quaternary nitrogens is 1. The van der Waals surface area contributed by atoms with E-state index in [9.17, 15) is 4.79 Å². The lowest BCUT2D eigenvalue weighted by Gasteiger charge is -2.29. The molecule has 1 aliphatic heterocycles. The van der Waals surface area contributed by atoms with E-state index in [2.05, 4.69) is 11.9 Å². The number of hydrogen-bond acceptors (Lipinski definition) is 6. The Balaban J connectivity index is 1.53. The van der Waals surface area contributed by atoms with E-state index in [-0.39, 0.29) is 5.97 Å². The number of rotatable bonds is 3. The molecule has 1 aromatic carbocycles. The van der Waals surface area contributed by atoms with Crippen LogP contribution in [0.5, 0.6) is 5.75 Å². The van der Waals surface area contributed by atoms with E-state index in [1.54, 1.807) is 34.4 Å². The van der Waals surface area contributed by atoms with Crippen LogP contribution >= 0.6 is 34.3 Å². The molecule has 8 heteroatoms. The third-order valence-electron chi connectivity index (χ3n) is 4.22. The lowest BCUT2D eigenvalue weighted by molar-refractivity contribution is -0.880. The van der Waals surface area contributed by atoms with Gasteiger partial charge in [0.2, 0.25) is 0 Å². The minimum atomic E-state index is -0.386. The van der Waals surface area contributed by atoms with Gasteiger partial charge in [0.25, 0.3) is 0 Å². The number of aromatic nitrogens is 1. The molecule has 0 unspecified atom stereocenters. The lowest BCUT2D eigenvalue weighted by atomic mass is 10.3. The molecule has 1 fully saturated rings. The van der Waals surface area contributed by atoms with Crippen LogP contribution in [0.25, 0.3) is 10.2 Å². The molecule has 0 bridgehead atoms. The number of hydrogen-bond donors (Lipinski definition) is 1. The van der Waals surface area contributed by atoms with Crippen LogP contribution in [-0.2, 0) is 0 Å². The van der Waals surface area contributed by atoms with E-state index >= 15 is 0 Å². The number of fused-ring (bicyclic) bond motifs is 1. The second-order valence-electron chi connectivity index (χ2n) is 6.06. The predicted octanol–water partition coefficient (Wildman–Crippen LogP) is 2.57. The quantitative estimate of drug-likeness (QED) is 0.548. The highest BCUT2D eigenvalue weighted by molar-refractivity contribution is 7.22. The van der Waals surface area contributed by atoms with Crippen LogP contribution < -0.4 is 14.5 Å². The third kappa shape index (κ3) is 3.64. The molecule has 0 saturated carbocycles. The minimum Gasteiger partial charge on any atom is -0.422 e. The Morgan fingerprint density at radius 2 is 2.04 bits per heavy atom. The molecule has 0 aliphatic carbocycles. The number of benzene rings is 1. The van der Waals surface area contributed by atoms with Crippen LogP contribution in [0.2, 0.25) is 4.34 Å². The Hall–Kier alpha value is -1.67. The second-order valence-corrected chi connectivity index (χ2v) is 8.79. The number of thiazole rings is 1. The van der Waals surface area contributed by atoms with Gasteiger partial charge in [0, 0.05) is 6.07 Å². The van der Waals surface area contributed by atoms with Crippen LogP contribution in [0.3, 0.4) is 0 Å². The first-order chi connectivity index (χ1) is 12.1. The van der Waals surface area contributed by atoms with Gasteiger partial charge in [0.15, 0.2) is 5.13 Å². The smallest absolute Gasteiger partial charge is 0.353 e. The molecule has 0 amide bonds. The Labute approximate surface area is 158 Å². The molecule has 5 nitrogen and oxygen atoms in total. The van der Waals surface area contributed by atoms with Gasteiger partial charge in [0.1, 0.15) is 10.6 Å². The number of thiophene rings is 1. The molecule has 0 spiro atoms. The van der Waals surface area contributed by atoms with Crippen molar-refractivity contribution in [2.45, 2.75) is 0 Å². The van der Waals surface area contributed by atoms with Crippen molar-refractivity contribution in [1.29, 1.82) is 0 Å². The van der Waals surface area contributed by atoms with Crippen LogP contribution in [0.4, 0.5) is 5.13 Å². The fourth-order valence-electron chi connectivity index (χ4n) is 2.75. The molecule has 1 saturated heterocycles. The highest BCUT2D eigenvalue weighted by Gasteiger charge is 2.20. The first-order valence-electron chi connectivity index (χ1n) is 8.03. The molecule has 2 aromatic heterocycles. The molecule has 0 radical (unpaired) electrons. The molecular formula is C17H17ClN3O2S2+. The summed E-state index contributed by atoms with van der Waals surface area (Å²) in [6.07, 6.45) is 0.